The molecule has 1 amide bonds. The molecule has 1 saturated heterocycles. The molecule has 1 aromatic carbocycles. The van der Waals surface area contributed by atoms with Crippen molar-refractivity contribution in [1.29, 1.82) is 0 Å². The Hall–Kier alpha value is -2.08. The van der Waals surface area contributed by atoms with Crippen LogP contribution in [0.3, 0.4) is 0 Å². The van der Waals surface area contributed by atoms with Crippen molar-refractivity contribution in [3.05, 3.63) is 40.4 Å². The molecule has 0 saturated carbocycles. The average Bonchev–Trinajstić information content (AvgIpc) is 3.05. The Balaban J connectivity index is 1.67. The molecule has 1 aromatic heterocycles. The number of fused-ring (bicyclic) bond motifs is 1. The largest absolute Gasteiger partial charge is 0.507 e. The van der Waals surface area contributed by atoms with Crippen molar-refractivity contribution in [1.82, 2.24) is 19.7 Å². The molecular weight excluding hydrogens is 340 g/mol. The number of rotatable bonds is 2. The van der Waals surface area contributed by atoms with Crippen LogP contribution in [-0.4, -0.2) is 37.2 Å². The van der Waals surface area contributed by atoms with Gasteiger partial charge >= 0.3 is 0 Å². The molecule has 1 fully saturated rings. The van der Waals surface area contributed by atoms with Gasteiger partial charge in [0.15, 0.2) is 5.82 Å². The molecule has 0 spiro atoms. The Morgan fingerprint density at radius 3 is 2.84 bits per heavy atom. The number of halogens is 1. The van der Waals surface area contributed by atoms with Gasteiger partial charge < -0.3 is 14.6 Å². The third-order valence-corrected chi connectivity index (χ3v) is 5.38. The zero-order chi connectivity index (χ0) is 17.4. The second-order valence-corrected chi connectivity index (χ2v) is 7.19. The van der Waals surface area contributed by atoms with Crippen LogP contribution in [0.4, 0.5) is 0 Å². The first-order valence-electron chi connectivity index (χ1n) is 8.86. The normalized spacial score (nSPS) is 20.4. The molecule has 3 heterocycles. The monoisotopic (exact) mass is 360 g/mol. The Labute approximate surface area is 151 Å². The van der Waals surface area contributed by atoms with Crippen molar-refractivity contribution in [2.24, 2.45) is 0 Å². The zero-order valence-corrected chi connectivity index (χ0v) is 14.7. The third kappa shape index (κ3) is 2.99. The fourth-order valence-electron chi connectivity index (χ4n) is 3.86. The second-order valence-electron chi connectivity index (χ2n) is 6.75. The molecule has 25 heavy (non-hydrogen) atoms. The SMILES string of the molecule is O=C(c1ccc(Cl)cc1O)N1CCCCC1c1nnc2n1CCCC2. The van der Waals surface area contributed by atoms with Gasteiger partial charge in [-0.2, -0.15) is 0 Å². The smallest absolute Gasteiger partial charge is 0.258 e. The Kier molecular flexibility index (Phi) is 4.37. The lowest BCUT2D eigenvalue weighted by molar-refractivity contribution is 0.0590. The summed E-state index contributed by atoms with van der Waals surface area (Å²) < 4.78 is 2.18. The van der Waals surface area contributed by atoms with Gasteiger partial charge in [0.1, 0.15) is 11.6 Å². The molecular formula is C18H21ClN4O2. The van der Waals surface area contributed by atoms with Crippen LogP contribution >= 0.6 is 11.6 Å². The number of phenols is 1. The van der Waals surface area contributed by atoms with Gasteiger partial charge in [-0.3, -0.25) is 4.79 Å². The van der Waals surface area contributed by atoms with Gasteiger partial charge in [0.05, 0.1) is 11.6 Å². The average molecular weight is 361 g/mol. The van der Waals surface area contributed by atoms with Gasteiger partial charge in [0.25, 0.3) is 5.91 Å². The summed E-state index contributed by atoms with van der Waals surface area (Å²) in [5.74, 6) is 1.65. The molecule has 0 radical (unpaired) electrons. The summed E-state index contributed by atoms with van der Waals surface area (Å²) in [4.78, 5) is 14.9. The van der Waals surface area contributed by atoms with Crippen LogP contribution in [0.1, 0.15) is 60.2 Å². The summed E-state index contributed by atoms with van der Waals surface area (Å²) in [6.07, 6.45) is 6.10. The molecule has 0 aliphatic carbocycles. The number of carbonyl (C=O) groups excluding carboxylic acids is 1. The predicted molar refractivity (Wildman–Crippen MR) is 93.7 cm³/mol. The van der Waals surface area contributed by atoms with E-state index in [-0.39, 0.29) is 23.3 Å². The molecule has 1 unspecified atom stereocenters. The molecule has 7 heteroatoms. The highest BCUT2D eigenvalue weighted by Gasteiger charge is 2.34. The number of hydrogen-bond donors (Lipinski definition) is 1. The first-order valence-corrected chi connectivity index (χ1v) is 9.24. The van der Waals surface area contributed by atoms with E-state index in [2.05, 4.69) is 14.8 Å². The first-order chi connectivity index (χ1) is 12.1. The number of phenolic OH excluding ortho intramolecular Hbond substituents is 1. The topological polar surface area (TPSA) is 71.2 Å². The van der Waals surface area contributed by atoms with Crippen LogP contribution in [0, 0.1) is 0 Å². The zero-order valence-electron chi connectivity index (χ0n) is 14.0. The molecule has 2 aliphatic heterocycles. The van der Waals surface area contributed by atoms with E-state index in [1.54, 1.807) is 12.1 Å². The number of piperidine rings is 1. The van der Waals surface area contributed by atoms with Crippen molar-refractivity contribution < 1.29 is 9.90 Å². The van der Waals surface area contributed by atoms with Crippen molar-refractivity contribution in [3.8, 4) is 5.75 Å². The number of carbonyl (C=O) groups is 1. The second kappa shape index (κ2) is 6.67. The number of benzene rings is 1. The van der Waals surface area contributed by atoms with Crippen LogP contribution in [-0.2, 0) is 13.0 Å². The highest BCUT2D eigenvalue weighted by atomic mass is 35.5. The van der Waals surface area contributed by atoms with Crippen LogP contribution < -0.4 is 0 Å². The summed E-state index contributed by atoms with van der Waals surface area (Å²) in [5, 5.41) is 19.3. The van der Waals surface area contributed by atoms with Gasteiger partial charge in [-0.25, -0.2) is 0 Å². The number of aromatic hydroxyl groups is 1. The number of amides is 1. The van der Waals surface area contributed by atoms with Gasteiger partial charge in [-0.1, -0.05) is 11.6 Å². The quantitative estimate of drug-likeness (QED) is 0.891. The molecule has 2 aromatic rings. The van der Waals surface area contributed by atoms with Crippen molar-refractivity contribution >= 4 is 17.5 Å². The van der Waals surface area contributed by atoms with Crippen molar-refractivity contribution in [3.63, 3.8) is 0 Å². The highest BCUT2D eigenvalue weighted by molar-refractivity contribution is 6.30. The summed E-state index contributed by atoms with van der Waals surface area (Å²) in [6.45, 7) is 1.58. The minimum atomic E-state index is -0.174. The van der Waals surface area contributed by atoms with Crippen molar-refractivity contribution in [2.75, 3.05) is 6.54 Å². The Morgan fingerprint density at radius 2 is 2.00 bits per heavy atom. The van der Waals surface area contributed by atoms with Gasteiger partial charge in [-0.15, -0.1) is 10.2 Å². The third-order valence-electron chi connectivity index (χ3n) is 5.14. The van der Waals surface area contributed by atoms with E-state index < -0.39 is 0 Å². The number of likely N-dealkylation sites (tertiary alicyclic amines) is 1. The maximum atomic E-state index is 13.1. The van der Waals surface area contributed by atoms with E-state index in [0.717, 1.165) is 56.7 Å². The lowest BCUT2D eigenvalue weighted by atomic mass is 9.99. The van der Waals surface area contributed by atoms with Gasteiger partial charge in [0.2, 0.25) is 0 Å². The summed E-state index contributed by atoms with van der Waals surface area (Å²) >= 11 is 5.89. The minimum absolute atomic E-state index is 0.0786. The number of aryl methyl sites for hydroxylation is 1. The standard InChI is InChI=1S/C18H21ClN4O2/c19-12-7-8-13(15(24)11-12)18(25)22-9-3-1-5-14(22)17-21-20-16-6-2-4-10-23(16)17/h7-8,11,14,24H,1-6,9-10H2. The molecule has 4 rings (SSSR count). The molecule has 1 N–H and O–H groups in total. The van der Waals surface area contributed by atoms with Crippen molar-refractivity contribution in [2.45, 2.75) is 51.1 Å². The van der Waals surface area contributed by atoms with E-state index >= 15 is 0 Å². The lowest BCUT2D eigenvalue weighted by Gasteiger charge is -2.35. The van der Waals surface area contributed by atoms with Crippen LogP contribution in [0.2, 0.25) is 5.02 Å². The number of nitrogens with zero attached hydrogens (tertiary/aromatic N) is 4. The predicted octanol–water partition coefficient (Wildman–Crippen LogP) is 3.34. The molecule has 1 atom stereocenters. The first kappa shape index (κ1) is 16.4. The van der Waals surface area contributed by atoms with E-state index in [0.29, 0.717) is 11.6 Å². The van der Waals surface area contributed by atoms with Crippen LogP contribution in [0.5, 0.6) is 5.75 Å². The van der Waals surface area contributed by atoms with Crippen LogP contribution in [0.25, 0.3) is 0 Å². The lowest BCUT2D eigenvalue weighted by Crippen LogP contribution is -2.40. The van der Waals surface area contributed by atoms with E-state index in [4.69, 9.17) is 11.6 Å². The molecule has 0 bridgehead atoms. The highest BCUT2D eigenvalue weighted by Crippen LogP contribution is 2.34. The summed E-state index contributed by atoms with van der Waals surface area (Å²) in [7, 11) is 0. The number of hydrogen-bond acceptors (Lipinski definition) is 4. The van der Waals surface area contributed by atoms with E-state index in [9.17, 15) is 9.90 Å². The summed E-state index contributed by atoms with van der Waals surface area (Å²) in [6, 6.07) is 4.54. The van der Waals surface area contributed by atoms with E-state index in [1.807, 2.05) is 4.90 Å². The van der Waals surface area contributed by atoms with Gasteiger partial charge in [-0.05, 0) is 50.3 Å². The Morgan fingerprint density at radius 1 is 1.16 bits per heavy atom. The molecule has 2 aliphatic rings. The van der Waals surface area contributed by atoms with E-state index in [1.165, 1.54) is 6.07 Å². The molecule has 132 valence electrons. The van der Waals surface area contributed by atoms with Gasteiger partial charge in [0, 0.05) is 24.5 Å². The summed E-state index contributed by atoms with van der Waals surface area (Å²) in [5.41, 5.74) is 0.287. The molecule has 6 nitrogen and oxygen atoms in total. The Bertz CT molecular complexity index is 804. The van der Waals surface area contributed by atoms with Crippen LogP contribution in [0.15, 0.2) is 18.2 Å². The fraction of sp³-hybridized carbons (Fsp3) is 0.500. The maximum Gasteiger partial charge on any atom is 0.258 e. The maximum absolute atomic E-state index is 13.1. The minimum Gasteiger partial charge on any atom is -0.507 e. The fourth-order valence-corrected chi connectivity index (χ4v) is 4.03. The number of aromatic nitrogens is 3.